The minimum Gasteiger partial charge on any atom is -0.508 e. The van der Waals surface area contributed by atoms with Crippen LogP contribution in [0.25, 0.3) is 112 Å². The topological polar surface area (TPSA) is 228 Å². The van der Waals surface area contributed by atoms with Gasteiger partial charge in [-0.15, -0.1) is 30.7 Å². The van der Waals surface area contributed by atoms with Gasteiger partial charge in [0.05, 0.1) is 84.8 Å². The maximum Gasteiger partial charge on any atom is 0.143 e. The summed E-state index contributed by atoms with van der Waals surface area (Å²) < 4.78 is 6.59. The molecule has 3 aromatic heterocycles. The number of hydrogen-bond acceptors (Lipinski definition) is 17. The molecule has 3 atom stereocenters. The fraction of sp³-hybridized carbons (Fsp3) is 0.0702. The van der Waals surface area contributed by atoms with Crippen LogP contribution in [-0.4, -0.2) is 74.8 Å². The van der Waals surface area contributed by atoms with E-state index < -0.39 is 0 Å². The van der Waals surface area contributed by atoms with E-state index in [1.165, 1.54) is 11.1 Å². The van der Waals surface area contributed by atoms with Crippen LogP contribution in [0, 0.1) is 0 Å². The quantitative estimate of drug-likeness (QED) is 0.0614. The second kappa shape index (κ2) is 35.3. The molecule has 5 N–H and O–H groups in total. The first-order chi connectivity index (χ1) is 65.5. The Morgan fingerprint density at radius 1 is 0.254 bits per heavy atom. The van der Waals surface area contributed by atoms with Gasteiger partial charge in [0.25, 0.3) is 0 Å². The first-order valence-electron chi connectivity index (χ1n) is 44.2. The maximum absolute atomic E-state index is 11.1. The van der Waals surface area contributed by atoms with E-state index in [2.05, 4.69) is 229 Å². The van der Waals surface area contributed by atoms with Crippen molar-refractivity contribution in [1.29, 1.82) is 0 Å². The highest BCUT2D eigenvalue weighted by atomic mass is 16.3. The van der Waals surface area contributed by atoms with E-state index >= 15 is 0 Å². The predicted octanol–water partition coefficient (Wildman–Crippen LogP) is 23.6. The molecule has 6 heterocycles. The molecule has 20 aromatic rings. The lowest BCUT2D eigenvalue weighted by atomic mass is 10.0. The Balaban J connectivity index is 0.000000122. The van der Waals surface area contributed by atoms with Crippen LogP contribution in [0.3, 0.4) is 0 Å². The third-order valence-electron chi connectivity index (χ3n) is 25.2. The summed E-state index contributed by atoms with van der Waals surface area (Å²) in [5.74, 6) is 0.697. The molecule has 0 fully saturated rings. The molecule has 650 valence electrons. The van der Waals surface area contributed by atoms with Crippen molar-refractivity contribution >= 4 is 163 Å². The standard InChI is InChI=1S/C44H32N6O3.C36H31N5O.C34H26N4O/c1-49-41(30-17-20-39(44(53)24-30)48-46-37-15-7-11-29-9-3-5-13-33(29)37)26-42-34(35-25-31(51)18-21-40(35)50(42)49)22-27-16-19-38(43(52)23-27)47-45-36-14-6-10-28-8-2-4-12-32(28)36;1-39(2)28-17-11-24(12-18-28)21-31-32-22-29(42)19-20-34(32)41-36(31)23-35(40(41)3)26-13-15-27(16-14-26)37-38-33-10-6-8-25-7-4-5-9-30(25)33;1-37-33(25-9-3-2-4-10-25)22-34-29(30-21-27(39)18-19-32(30)38(34)37)20-23-14-16-26(17-15-23)35-36-31-13-7-11-24-8-5-6-12-28(24)31/h2-26,41,51-53H,1H3;4-23,35,42H,1-3H3;2-22,33,39H,1H3/b34-22-,47-45?,48-46?;31-21-,38-37?;29-20-,36-35?. The second-order valence-electron chi connectivity index (χ2n) is 33.8. The highest BCUT2D eigenvalue weighted by Gasteiger charge is 2.30. The number of benzene rings is 17. The number of fused-ring (bicyclic) bond motifs is 13. The van der Waals surface area contributed by atoms with Gasteiger partial charge in [0.15, 0.2) is 0 Å². The van der Waals surface area contributed by atoms with E-state index in [1.54, 1.807) is 48.5 Å². The average molecular weight is 1750 g/mol. The van der Waals surface area contributed by atoms with Gasteiger partial charge in [-0.25, -0.2) is 0 Å². The van der Waals surface area contributed by atoms with E-state index in [0.29, 0.717) is 11.4 Å². The Hall–Kier alpha value is -17.8. The number of rotatable bonds is 15. The fourth-order valence-electron chi connectivity index (χ4n) is 18.5. The zero-order chi connectivity index (χ0) is 91.2. The molecular weight excluding hydrogens is 1660 g/mol. The molecule has 3 aliphatic heterocycles. The minimum absolute atomic E-state index is 0.00196. The highest BCUT2D eigenvalue weighted by molar-refractivity contribution is 5.96. The summed E-state index contributed by atoms with van der Waals surface area (Å²) in [4.78, 5) is 2.09. The van der Waals surface area contributed by atoms with Gasteiger partial charge in [-0.05, 0) is 231 Å². The van der Waals surface area contributed by atoms with E-state index in [-0.39, 0.29) is 46.9 Å². The Morgan fingerprint density at radius 3 is 0.948 bits per heavy atom. The van der Waals surface area contributed by atoms with Crippen LogP contribution in [0.1, 0.15) is 51.5 Å². The van der Waals surface area contributed by atoms with Gasteiger partial charge in [0, 0.05) is 94.3 Å². The van der Waals surface area contributed by atoms with Crippen molar-refractivity contribution in [3.8, 4) is 28.7 Å². The third-order valence-corrected chi connectivity index (χ3v) is 25.2. The highest BCUT2D eigenvalue weighted by Crippen LogP contribution is 2.40. The maximum atomic E-state index is 11.1. The van der Waals surface area contributed by atoms with Crippen LogP contribution in [0.2, 0.25) is 0 Å². The average Bonchev–Trinajstić information content (AvgIpc) is 1.58. The molecule has 0 saturated carbocycles. The molecule has 17 aromatic carbocycles. The number of azo groups is 4. The van der Waals surface area contributed by atoms with Gasteiger partial charge in [0.2, 0.25) is 0 Å². The molecule has 0 aliphatic carbocycles. The number of hydrogen-bond donors (Lipinski definition) is 5. The number of phenolic OH excluding ortho intramolecular Hbond substituents is 5. The minimum atomic E-state index is -0.212. The van der Waals surface area contributed by atoms with Crippen molar-refractivity contribution in [3.63, 3.8) is 0 Å². The smallest absolute Gasteiger partial charge is 0.143 e. The molecule has 0 amide bonds. The van der Waals surface area contributed by atoms with Crippen molar-refractivity contribution in [3.05, 3.63) is 429 Å². The number of nitrogens with zero attached hydrogens (tertiary/aromatic N) is 15. The SMILES string of the molecule is CN(C)c1ccc(/C=c2\c3n(c4ccc(O)cc24)N(C)C(c2ccc(N=Nc4cccc5ccccc45)cc2)C=3)cc1.CN1C(c2ccc(N=Nc3cccc4ccccc34)c(O)c2)C=c2/c(=C\c3ccc(N=Nc4cccc5ccccc45)c(O)c3)c3cc(O)ccc3n21.CN1C(c2ccccc2)C=c2/c(=C\c3ccc(N=Nc4cccc5ccccc45)cc3)c3cc(O)ccc3n21. The number of aromatic hydroxyl groups is 5. The summed E-state index contributed by atoms with van der Waals surface area (Å²) >= 11 is 0. The largest absolute Gasteiger partial charge is 0.508 e. The Labute approximate surface area is 770 Å². The lowest BCUT2D eigenvalue weighted by Gasteiger charge is -2.25. The zero-order valence-corrected chi connectivity index (χ0v) is 73.8. The van der Waals surface area contributed by atoms with Crippen LogP contribution in [-0.2, 0) is 0 Å². The molecule has 20 heteroatoms. The summed E-state index contributed by atoms with van der Waals surface area (Å²) in [6, 6.07) is 119. The molecule has 3 unspecified atom stereocenters. The molecule has 20 nitrogen and oxygen atoms in total. The summed E-state index contributed by atoms with van der Waals surface area (Å²) in [5.41, 5.74) is 15.9. The first-order valence-corrected chi connectivity index (χ1v) is 44.2. The van der Waals surface area contributed by atoms with Crippen LogP contribution in [0.5, 0.6) is 28.7 Å². The van der Waals surface area contributed by atoms with E-state index in [9.17, 15) is 25.5 Å². The van der Waals surface area contributed by atoms with Crippen molar-refractivity contribution < 1.29 is 25.5 Å². The lowest BCUT2D eigenvalue weighted by Crippen LogP contribution is -2.35. The van der Waals surface area contributed by atoms with Crippen LogP contribution >= 0.6 is 0 Å². The van der Waals surface area contributed by atoms with E-state index in [1.807, 2.05) is 233 Å². The van der Waals surface area contributed by atoms with Gasteiger partial charge >= 0.3 is 0 Å². The molecule has 0 bridgehead atoms. The van der Waals surface area contributed by atoms with E-state index in [4.69, 9.17) is 0 Å². The van der Waals surface area contributed by atoms with Gasteiger partial charge < -0.3 is 45.5 Å². The van der Waals surface area contributed by atoms with Crippen LogP contribution in [0.15, 0.2) is 405 Å². The van der Waals surface area contributed by atoms with Gasteiger partial charge in [-0.3, -0.25) is 14.0 Å². The van der Waals surface area contributed by atoms with E-state index in [0.717, 1.165) is 170 Å². The molecule has 0 saturated heterocycles. The summed E-state index contributed by atoms with van der Waals surface area (Å²) in [6.07, 6.45) is 13.1. The number of aromatic nitrogens is 3. The molecule has 0 spiro atoms. The predicted molar refractivity (Wildman–Crippen MR) is 542 cm³/mol. The van der Waals surface area contributed by atoms with Crippen molar-refractivity contribution in [2.24, 2.45) is 40.9 Å². The Bertz CT molecular complexity index is 8560. The molecule has 3 aliphatic rings. The van der Waals surface area contributed by atoms with Gasteiger partial charge in [-0.2, -0.15) is 10.2 Å². The van der Waals surface area contributed by atoms with Crippen molar-refractivity contribution in [1.82, 2.24) is 14.0 Å². The molecular formula is C114H89N15O5. The third kappa shape index (κ3) is 16.1. The number of anilines is 1. The first kappa shape index (κ1) is 83.1. The molecule has 23 rings (SSSR count). The van der Waals surface area contributed by atoms with Crippen LogP contribution in [0.4, 0.5) is 51.2 Å². The normalized spacial score (nSPS) is 15.0. The Morgan fingerprint density at radius 2 is 0.560 bits per heavy atom. The summed E-state index contributed by atoms with van der Waals surface area (Å²) in [5, 5.41) is 113. The zero-order valence-electron chi connectivity index (χ0n) is 73.8. The summed E-state index contributed by atoms with van der Waals surface area (Å²) in [7, 11) is 10.3. The monoisotopic (exact) mass is 1750 g/mol. The van der Waals surface area contributed by atoms with Gasteiger partial charge in [0.1, 0.15) is 40.1 Å². The molecule has 0 radical (unpaired) electrons. The fourth-order valence-corrected chi connectivity index (χ4v) is 18.5. The number of phenols is 5. The van der Waals surface area contributed by atoms with Crippen LogP contribution < -0.4 is 51.6 Å². The van der Waals surface area contributed by atoms with Crippen molar-refractivity contribution in [2.45, 2.75) is 18.1 Å². The van der Waals surface area contributed by atoms with Gasteiger partial charge in [-0.1, -0.05) is 224 Å². The van der Waals surface area contributed by atoms with Crippen molar-refractivity contribution in [2.75, 3.05) is 55.2 Å². The Kier molecular flexibility index (Phi) is 21.9. The summed E-state index contributed by atoms with van der Waals surface area (Å²) in [6.45, 7) is 0. The second-order valence-corrected chi connectivity index (χ2v) is 33.8. The molecule has 134 heavy (non-hydrogen) atoms. The lowest BCUT2D eigenvalue weighted by molar-refractivity contribution is 0.474.